The first kappa shape index (κ1) is 11.5. The quantitative estimate of drug-likeness (QED) is 0.694. The average molecular weight is 235 g/mol. The van der Waals surface area contributed by atoms with Crippen molar-refractivity contribution in [3.05, 3.63) is 23.9 Å². The first-order valence-electron chi connectivity index (χ1n) is 5.25. The summed E-state index contributed by atoms with van der Waals surface area (Å²) < 4.78 is 5.09. The summed E-state index contributed by atoms with van der Waals surface area (Å²) in [6.45, 7) is 0.433. The van der Waals surface area contributed by atoms with Crippen molar-refractivity contribution in [2.45, 2.75) is 19.0 Å². The minimum atomic E-state index is -0.465. The molecule has 1 aliphatic rings. The molecule has 1 aliphatic heterocycles. The van der Waals surface area contributed by atoms with E-state index in [1.54, 1.807) is 12.3 Å². The van der Waals surface area contributed by atoms with Crippen LogP contribution in [-0.4, -0.2) is 29.9 Å². The van der Waals surface area contributed by atoms with Gasteiger partial charge in [-0.05, 0) is 6.07 Å². The maximum Gasteiger partial charge on any atom is 0.244 e. The fourth-order valence-corrected chi connectivity index (χ4v) is 1.69. The molecule has 1 fully saturated rings. The number of imide groups is 1. The molecule has 2 heterocycles. The monoisotopic (exact) mass is 235 g/mol. The van der Waals surface area contributed by atoms with Gasteiger partial charge in [0.1, 0.15) is 0 Å². The Labute approximate surface area is 98.4 Å². The molecule has 1 saturated heterocycles. The van der Waals surface area contributed by atoms with Gasteiger partial charge in [-0.25, -0.2) is 4.98 Å². The Morgan fingerprint density at radius 1 is 1.59 bits per heavy atom. The molecular formula is C11H13N3O3. The van der Waals surface area contributed by atoms with Gasteiger partial charge in [-0.2, -0.15) is 0 Å². The number of hydrogen-bond acceptors (Lipinski definition) is 5. The van der Waals surface area contributed by atoms with Crippen molar-refractivity contribution in [2.24, 2.45) is 0 Å². The first-order valence-corrected chi connectivity index (χ1v) is 5.25. The normalized spacial score (nSPS) is 19.2. The fraction of sp³-hybridized carbons (Fsp3) is 0.364. The van der Waals surface area contributed by atoms with Gasteiger partial charge in [0, 0.05) is 18.3 Å². The highest BCUT2D eigenvalue weighted by Crippen LogP contribution is 2.13. The predicted molar refractivity (Wildman–Crippen MR) is 59.2 cm³/mol. The van der Waals surface area contributed by atoms with Crippen LogP contribution in [0.5, 0.6) is 5.88 Å². The number of nitrogens with zero attached hydrogens (tertiary/aromatic N) is 1. The minimum Gasteiger partial charge on any atom is -0.481 e. The second-order valence-electron chi connectivity index (χ2n) is 3.72. The lowest BCUT2D eigenvalue weighted by atomic mass is 10.2. The smallest absolute Gasteiger partial charge is 0.244 e. The molecule has 0 bridgehead atoms. The third kappa shape index (κ3) is 2.59. The standard InChI is InChI=1S/C11H13N3O3/c1-17-11-7(3-2-4-12-11)6-13-8-5-9(15)14-10(8)16/h2-4,8,13H,5-6H2,1H3,(H,14,15,16). The molecule has 2 amide bonds. The zero-order valence-corrected chi connectivity index (χ0v) is 9.40. The highest BCUT2D eigenvalue weighted by molar-refractivity contribution is 6.05. The van der Waals surface area contributed by atoms with Crippen LogP contribution in [0.3, 0.4) is 0 Å². The molecular weight excluding hydrogens is 222 g/mol. The van der Waals surface area contributed by atoms with E-state index in [-0.39, 0.29) is 18.2 Å². The van der Waals surface area contributed by atoms with Crippen molar-refractivity contribution >= 4 is 11.8 Å². The molecule has 1 aromatic heterocycles. The molecule has 2 rings (SSSR count). The Kier molecular flexibility index (Phi) is 3.34. The summed E-state index contributed by atoms with van der Waals surface area (Å²) in [5, 5.41) is 5.24. The molecule has 1 atom stereocenters. The topological polar surface area (TPSA) is 80.3 Å². The van der Waals surface area contributed by atoms with Crippen molar-refractivity contribution in [2.75, 3.05) is 7.11 Å². The first-order chi connectivity index (χ1) is 8.20. The Balaban J connectivity index is 1.98. The molecule has 1 unspecified atom stereocenters. The van der Waals surface area contributed by atoms with Gasteiger partial charge >= 0.3 is 0 Å². The summed E-state index contributed by atoms with van der Waals surface area (Å²) in [6.07, 6.45) is 1.82. The van der Waals surface area contributed by atoms with Crippen molar-refractivity contribution in [1.29, 1.82) is 0 Å². The van der Waals surface area contributed by atoms with Crippen LogP contribution in [0.15, 0.2) is 18.3 Å². The van der Waals surface area contributed by atoms with Crippen LogP contribution in [0.25, 0.3) is 0 Å². The van der Waals surface area contributed by atoms with E-state index < -0.39 is 6.04 Å². The van der Waals surface area contributed by atoms with E-state index in [1.807, 2.05) is 6.07 Å². The van der Waals surface area contributed by atoms with Crippen LogP contribution >= 0.6 is 0 Å². The number of ether oxygens (including phenoxy) is 1. The lowest BCUT2D eigenvalue weighted by Crippen LogP contribution is -2.35. The van der Waals surface area contributed by atoms with Gasteiger partial charge < -0.3 is 10.1 Å². The van der Waals surface area contributed by atoms with Gasteiger partial charge in [-0.1, -0.05) is 6.07 Å². The number of carbonyl (C=O) groups excluding carboxylic acids is 2. The molecule has 0 aliphatic carbocycles. The molecule has 17 heavy (non-hydrogen) atoms. The van der Waals surface area contributed by atoms with E-state index >= 15 is 0 Å². The van der Waals surface area contributed by atoms with Crippen molar-refractivity contribution in [3.8, 4) is 5.88 Å². The van der Waals surface area contributed by atoms with E-state index in [9.17, 15) is 9.59 Å². The number of aromatic nitrogens is 1. The zero-order valence-electron chi connectivity index (χ0n) is 9.40. The van der Waals surface area contributed by atoms with Gasteiger partial charge in [0.15, 0.2) is 0 Å². The maximum atomic E-state index is 11.3. The van der Waals surface area contributed by atoms with Crippen LogP contribution in [-0.2, 0) is 16.1 Å². The number of amides is 2. The predicted octanol–water partition coefficient (Wildman–Crippen LogP) is -0.405. The van der Waals surface area contributed by atoms with Crippen LogP contribution in [0.4, 0.5) is 0 Å². The van der Waals surface area contributed by atoms with Crippen LogP contribution < -0.4 is 15.4 Å². The molecule has 0 radical (unpaired) electrons. The number of carbonyl (C=O) groups is 2. The third-order valence-corrected chi connectivity index (χ3v) is 2.55. The molecule has 6 nitrogen and oxygen atoms in total. The highest BCUT2D eigenvalue weighted by atomic mass is 16.5. The van der Waals surface area contributed by atoms with Gasteiger partial charge in [-0.3, -0.25) is 14.9 Å². The zero-order chi connectivity index (χ0) is 12.3. The summed E-state index contributed by atoms with van der Waals surface area (Å²) in [5.41, 5.74) is 0.849. The Bertz CT molecular complexity index is 447. The van der Waals surface area contributed by atoms with Crippen molar-refractivity contribution in [1.82, 2.24) is 15.6 Å². The molecule has 0 aromatic carbocycles. The van der Waals surface area contributed by atoms with Crippen LogP contribution in [0.1, 0.15) is 12.0 Å². The lowest BCUT2D eigenvalue weighted by Gasteiger charge is -2.10. The summed E-state index contributed by atoms with van der Waals surface area (Å²) in [6, 6.07) is 3.18. The molecule has 1 aromatic rings. The van der Waals surface area contributed by atoms with Gasteiger partial charge in [0.2, 0.25) is 17.7 Å². The van der Waals surface area contributed by atoms with Crippen molar-refractivity contribution < 1.29 is 14.3 Å². The van der Waals surface area contributed by atoms with Gasteiger partial charge in [0.05, 0.1) is 19.6 Å². The minimum absolute atomic E-state index is 0.182. The molecule has 2 N–H and O–H groups in total. The Morgan fingerprint density at radius 2 is 2.41 bits per heavy atom. The molecule has 0 spiro atoms. The van der Waals surface area contributed by atoms with Gasteiger partial charge in [0.25, 0.3) is 0 Å². The molecule has 0 saturated carbocycles. The van der Waals surface area contributed by atoms with Gasteiger partial charge in [-0.15, -0.1) is 0 Å². The molecule has 6 heteroatoms. The molecule has 90 valence electrons. The summed E-state index contributed by atoms with van der Waals surface area (Å²) in [4.78, 5) is 26.4. The fourth-order valence-electron chi connectivity index (χ4n) is 1.69. The van der Waals surface area contributed by atoms with Crippen molar-refractivity contribution in [3.63, 3.8) is 0 Å². The number of pyridine rings is 1. The maximum absolute atomic E-state index is 11.3. The second kappa shape index (κ2) is 4.92. The van der Waals surface area contributed by atoms with E-state index in [4.69, 9.17) is 4.74 Å². The number of hydrogen-bond donors (Lipinski definition) is 2. The SMILES string of the molecule is COc1ncccc1CNC1CC(=O)NC1=O. The average Bonchev–Trinajstić information content (AvgIpc) is 2.65. The Hall–Kier alpha value is -1.95. The van der Waals surface area contributed by atoms with Crippen LogP contribution in [0.2, 0.25) is 0 Å². The van der Waals surface area contributed by atoms with E-state index in [0.717, 1.165) is 5.56 Å². The lowest BCUT2D eigenvalue weighted by molar-refractivity contribution is -0.125. The Morgan fingerprint density at radius 3 is 3.06 bits per heavy atom. The van der Waals surface area contributed by atoms with Crippen LogP contribution in [0, 0.1) is 0 Å². The number of nitrogens with one attached hydrogen (secondary N) is 2. The number of methoxy groups -OCH3 is 1. The van der Waals surface area contributed by atoms with E-state index in [2.05, 4.69) is 15.6 Å². The third-order valence-electron chi connectivity index (χ3n) is 2.55. The summed E-state index contributed by atoms with van der Waals surface area (Å²) in [7, 11) is 1.54. The second-order valence-corrected chi connectivity index (χ2v) is 3.72. The largest absolute Gasteiger partial charge is 0.481 e. The van der Waals surface area contributed by atoms with E-state index in [0.29, 0.717) is 12.4 Å². The van der Waals surface area contributed by atoms with E-state index in [1.165, 1.54) is 7.11 Å². The summed E-state index contributed by atoms with van der Waals surface area (Å²) >= 11 is 0. The number of rotatable bonds is 4. The summed E-state index contributed by atoms with van der Waals surface area (Å²) in [5.74, 6) is -0.00626. The highest BCUT2D eigenvalue weighted by Gasteiger charge is 2.29.